The van der Waals surface area contributed by atoms with E-state index in [0.29, 0.717) is 19.0 Å². The van der Waals surface area contributed by atoms with Crippen LogP contribution in [-0.2, 0) is 11.3 Å². The summed E-state index contributed by atoms with van der Waals surface area (Å²) in [5.74, 6) is 0.243. The number of hydrogen-bond acceptors (Lipinski definition) is 2. The van der Waals surface area contributed by atoms with Crippen LogP contribution in [0.25, 0.3) is 0 Å². The van der Waals surface area contributed by atoms with Crippen molar-refractivity contribution in [3.63, 3.8) is 0 Å². The maximum atomic E-state index is 12.0. The topological polar surface area (TPSA) is 32.3 Å². The molecule has 1 heterocycles. The summed E-state index contributed by atoms with van der Waals surface area (Å²) in [5.41, 5.74) is 1.19. The van der Waals surface area contributed by atoms with Crippen LogP contribution in [0.2, 0.25) is 0 Å². The molecule has 1 saturated heterocycles. The largest absolute Gasteiger partial charge is 0.341 e. The third kappa shape index (κ3) is 3.84. The van der Waals surface area contributed by atoms with Crippen molar-refractivity contribution in [2.45, 2.75) is 38.3 Å². The van der Waals surface area contributed by atoms with Gasteiger partial charge in [-0.15, -0.1) is 0 Å². The minimum atomic E-state index is 0.243. The van der Waals surface area contributed by atoms with Gasteiger partial charge in [0.05, 0.1) is 0 Å². The van der Waals surface area contributed by atoms with Crippen molar-refractivity contribution in [2.24, 2.45) is 0 Å². The summed E-state index contributed by atoms with van der Waals surface area (Å²) in [5, 5.41) is 3.43. The van der Waals surface area contributed by atoms with Gasteiger partial charge in [-0.05, 0) is 31.4 Å². The van der Waals surface area contributed by atoms with Crippen molar-refractivity contribution in [3.05, 3.63) is 35.9 Å². The average Bonchev–Trinajstić information content (AvgIpc) is 2.90. The van der Waals surface area contributed by atoms with Crippen LogP contribution in [-0.4, -0.2) is 30.4 Å². The molecule has 98 valence electrons. The van der Waals surface area contributed by atoms with Crippen molar-refractivity contribution in [1.82, 2.24) is 10.2 Å². The van der Waals surface area contributed by atoms with Gasteiger partial charge in [-0.25, -0.2) is 0 Å². The molecule has 0 aromatic heterocycles. The molecule has 0 aliphatic carbocycles. The number of nitrogens with one attached hydrogen (secondary N) is 1. The van der Waals surface area contributed by atoms with E-state index in [1.807, 2.05) is 30.1 Å². The third-order valence-electron chi connectivity index (χ3n) is 3.56. The lowest BCUT2D eigenvalue weighted by Crippen LogP contribution is -2.29. The summed E-state index contributed by atoms with van der Waals surface area (Å²) in [6.07, 6.45) is 4.09. The molecular weight excluding hydrogens is 224 g/mol. The maximum absolute atomic E-state index is 12.0. The quantitative estimate of drug-likeness (QED) is 0.863. The Morgan fingerprint density at radius 2 is 2.17 bits per heavy atom. The van der Waals surface area contributed by atoms with Gasteiger partial charge in [0, 0.05) is 26.1 Å². The standard InChI is InChI=1S/C15H22N2O/c1-17(12-13-6-3-2-4-7-13)15(18)10-9-14-8-5-11-16-14/h2-4,6-7,14,16H,5,8-12H2,1H3. The van der Waals surface area contributed by atoms with E-state index in [-0.39, 0.29) is 5.91 Å². The maximum Gasteiger partial charge on any atom is 0.222 e. The first-order valence-electron chi connectivity index (χ1n) is 6.77. The highest BCUT2D eigenvalue weighted by molar-refractivity contribution is 5.75. The van der Waals surface area contributed by atoms with Crippen molar-refractivity contribution in [1.29, 1.82) is 0 Å². The first-order valence-corrected chi connectivity index (χ1v) is 6.77. The zero-order chi connectivity index (χ0) is 12.8. The fraction of sp³-hybridized carbons (Fsp3) is 0.533. The molecule has 18 heavy (non-hydrogen) atoms. The Bertz CT molecular complexity index is 371. The summed E-state index contributed by atoms with van der Waals surface area (Å²) in [4.78, 5) is 13.8. The van der Waals surface area contributed by atoms with Gasteiger partial charge in [0.25, 0.3) is 0 Å². The van der Waals surface area contributed by atoms with Crippen LogP contribution in [0.1, 0.15) is 31.2 Å². The Morgan fingerprint density at radius 3 is 2.83 bits per heavy atom. The molecular formula is C15H22N2O. The molecule has 1 aliphatic heterocycles. The lowest BCUT2D eigenvalue weighted by molar-refractivity contribution is -0.130. The number of rotatable bonds is 5. The second-order valence-corrected chi connectivity index (χ2v) is 5.07. The van der Waals surface area contributed by atoms with E-state index in [4.69, 9.17) is 0 Å². The lowest BCUT2D eigenvalue weighted by atomic mass is 10.1. The third-order valence-corrected chi connectivity index (χ3v) is 3.56. The first kappa shape index (κ1) is 13.1. The Balaban J connectivity index is 1.74. The zero-order valence-electron chi connectivity index (χ0n) is 11.1. The van der Waals surface area contributed by atoms with E-state index >= 15 is 0 Å². The minimum absolute atomic E-state index is 0.243. The molecule has 0 spiro atoms. The van der Waals surface area contributed by atoms with Gasteiger partial charge in [-0.3, -0.25) is 4.79 Å². The van der Waals surface area contributed by atoms with Crippen LogP contribution in [0.5, 0.6) is 0 Å². The Labute approximate surface area is 109 Å². The average molecular weight is 246 g/mol. The van der Waals surface area contributed by atoms with E-state index in [9.17, 15) is 4.79 Å². The van der Waals surface area contributed by atoms with E-state index in [0.717, 1.165) is 13.0 Å². The summed E-state index contributed by atoms with van der Waals surface area (Å²) >= 11 is 0. The molecule has 1 aliphatic rings. The molecule has 2 rings (SSSR count). The van der Waals surface area contributed by atoms with Gasteiger partial charge in [0.1, 0.15) is 0 Å². The molecule has 3 heteroatoms. The molecule has 1 aromatic rings. The van der Waals surface area contributed by atoms with E-state index in [1.54, 1.807) is 0 Å². The predicted molar refractivity (Wildman–Crippen MR) is 73.2 cm³/mol. The number of benzene rings is 1. The van der Waals surface area contributed by atoms with E-state index in [1.165, 1.54) is 18.4 Å². The van der Waals surface area contributed by atoms with Crippen LogP contribution in [0.15, 0.2) is 30.3 Å². The summed E-state index contributed by atoms with van der Waals surface area (Å²) in [6.45, 7) is 1.82. The number of carbonyl (C=O) groups excluding carboxylic acids is 1. The Kier molecular flexibility index (Phi) is 4.76. The van der Waals surface area contributed by atoms with Crippen molar-refractivity contribution in [2.75, 3.05) is 13.6 Å². The summed E-state index contributed by atoms with van der Waals surface area (Å²) in [6, 6.07) is 10.7. The van der Waals surface area contributed by atoms with Crippen molar-refractivity contribution >= 4 is 5.91 Å². The second kappa shape index (κ2) is 6.55. The molecule has 0 saturated carbocycles. The molecule has 1 amide bonds. The number of nitrogens with zero attached hydrogens (tertiary/aromatic N) is 1. The summed E-state index contributed by atoms with van der Waals surface area (Å²) in [7, 11) is 1.89. The van der Waals surface area contributed by atoms with Crippen LogP contribution in [0, 0.1) is 0 Å². The molecule has 0 radical (unpaired) electrons. The molecule has 1 atom stereocenters. The molecule has 1 unspecified atom stereocenters. The van der Waals surface area contributed by atoms with Crippen LogP contribution >= 0.6 is 0 Å². The molecule has 3 nitrogen and oxygen atoms in total. The smallest absolute Gasteiger partial charge is 0.222 e. The Morgan fingerprint density at radius 1 is 1.39 bits per heavy atom. The zero-order valence-corrected chi connectivity index (χ0v) is 11.1. The Hall–Kier alpha value is -1.35. The van der Waals surface area contributed by atoms with Gasteiger partial charge in [0.2, 0.25) is 5.91 Å². The number of carbonyl (C=O) groups is 1. The molecule has 1 fully saturated rings. The normalized spacial score (nSPS) is 18.8. The van der Waals surface area contributed by atoms with Crippen molar-refractivity contribution in [3.8, 4) is 0 Å². The van der Waals surface area contributed by atoms with Gasteiger partial charge >= 0.3 is 0 Å². The highest BCUT2D eigenvalue weighted by Gasteiger charge is 2.16. The van der Waals surface area contributed by atoms with Gasteiger partial charge in [-0.2, -0.15) is 0 Å². The molecule has 1 aromatic carbocycles. The minimum Gasteiger partial charge on any atom is -0.341 e. The second-order valence-electron chi connectivity index (χ2n) is 5.07. The summed E-state index contributed by atoms with van der Waals surface area (Å²) < 4.78 is 0. The molecule has 1 N–H and O–H groups in total. The van der Waals surface area contributed by atoms with Crippen LogP contribution in [0.4, 0.5) is 0 Å². The van der Waals surface area contributed by atoms with E-state index in [2.05, 4.69) is 17.4 Å². The van der Waals surface area contributed by atoms with Crippen LogP contribution in [0.3, 0.4) is 0 Å². The number of hydrogen-bond donors (Lipinski definition) is 1. The highest BCUT2D eigenvalue weighted by Crippen LogP contribution is 2.12. The first-order chi connectivity index (χ1) is 8.75. The van der Waals surface area contributed by atoms with Gasteiger partial charge < -0.3 is 10.2 Å². The van der Waals surface area contributed by atoms with Crippen molar-refractivity contribution < 1.29 is 4.79 Å². The fourth-order valence-corrected chi connectivity index (χ4v) is 2.44. The fourth-order valence-electron chi connectivity index (χ4n) is 2.44. The lowest BCUT2D eigenvalue weighted by Gasteiger charge is -2.18. The van der Waals surface area contributed by atoms with Crippen LogP contribution < -0.4 is 5.32 Å². The van der Waals surface area contributed by atoms with E-state index < -0.39 is 0 Å². The SMILES string of the molecule is CN(Cc1ccccc1)C(=O)CCC1CCCN1. The predicted octanol–water partition coefficient (Wildman–Crippen LogP) is 2.18. The number of amides is 1. The molecule has 0 bridgehead atoms. The highest BCUT2D eigenvalue weighted by atomic mass is 16.2. The monoisotopic (exact) mass is 246 g/mol. The van der Waals surface area contributed by atoms with Gasteiger partial charge in [0.15, 0.2) is 0 Å². The van der Waals surface area contributed by atoms with Gasteiger partial charge in [-0.1, -0.05) is 30.3 Å².